The van der Waals surface area contributed by atoms with E-state index < -0.39 is 0 Å². The number of likely N-dealkylation sites (N-methyl/N-ethyl adjacent to an activating group) is 1. The normalized spacial score (nSPS) is 21.2. The molecule has 0 radical (unpaired) electrons. The first kappa shape index (κ1) is 20.5. The van der Waals surface area contributed by atoms with Crippen LogP contribution in [-0.2, 0) is 13.0 Å². The fraction of sp³-hybridized carbons (Fsp3) is 0.409. The van der Waals surface area contributed by atoms with Gasteiger partial charge in [0.15, 0.2) is 5.01 Å². The average molecular weight is 458 g/mol. The third-order valence-electron chi connectivity index (χ3n) is 6.09. The van der Waals surface area contributed by atoms with Crippen molar-refractivity contribution in [3.8, 4) is 0 Å². The number of amides is 2. The van der Waals surface area contributed by atoms with Gasteiger partial charge in [-0.05, 0) is 50.6 Å². The van der Waals surface area contributed by atoms with Gasteiger partial charge in [-0.1, -0.05) is 11.6 Å². The maximum Gasteiger partial charge on any atom is 0.280 e. The van der Waals surface area contributed by atoms with E-state index in [0.717, 1.165) is 55.4 Å². The van der Waals surface area contributed by atoms with Crippen molar-refractivity contribution in [2.45, 2.75) is 44.3 Å². The molecule has 1 fully saturated rings. The Balaban J connectivity index is 1.25. The number of benzene rings is 1. The number of aromatic nitrogens is 2. The largest absolute Gasteiger partial charge is 0.351 e. The summed E-state index contributed by atoms with van der Waals surface area (Å²) in [5.41, 5.74) is 2.40. The molecule has 1 aliphatic carbocycles. The van der Waals surface area contributed by atoms with Gasteiger partial charge in [-0.3, -0.25) is 9.59 Å². The number of thiazole rings is 1. The van der Waals surface area contributed by atoms with Crippen molar-refractivity contribution in [3.05, 3.63) is 50.6 Å². The zero-order valence-electron chi connectivity index (χ0n) is 17.2. The lowest BCUT2D eigenvalue weighted by Crippen LogP contribution is -2.48. The van der Waals surface area contributed by atoms with Crippen LogP contribution in [0.15, 0.2) is 24.3 Å². The van der Waals surface area contributed by atoms with Crippen molar-refractivity contribution in [1.82, 2.24) is 25.5 Å². The summed E-state index contributed by atoms with van der Waals surface area (Å²) < 4.78 is 0. The molecule has 5 rings (SSSR count). The van der Waals surface area contributed by atoms with Crippen LogP contribution in [-0.4, -0.2) is 52.4 Å². The Hall–Kier alpha value is -2.42. The molecule has 0 spiro atoms. The summed E-state index contributed by atoms with van der Waals surface area (Å²) in [6.45, 7) is 1.81. The molecule has 9 heteroatoms. The molecule has 2 aromatic heterocycles. The van der Waals surface area contributed by atoms with Crippen molar-refractivity contribution in [1.29, 1.82) is 0 Å². The molecule has 31 heavy (non-hydrogen) atoms. The molecular weight excluding hydrogens is 434 g/mol. The first-order valence-corrected chi connectivity index (χ1v) is 11.7. The van der Waals surface area contributed by atoms with Gasteiger partial charge in [0.25, 0.3) is 11.8 Å². The Morgan fingerprint density at radius 2 is 1.97 bits per heavy atom. The fourth-order valence-corrected chi connectivity index (χ4v) is 5.70. The second-order valence-electron chi connectivity index (χ2n) is 8.38. The Morgan fingerprint density at radius 1 is 1.19 bits per heavy atom. The Bertz CT molecular complexity index is 1160. The van der Waals surface area contributed by atoms with Gasteiger partial charge in [-0.25, -0.2) is 4.98 Å². The smallest absolute Gasteiger partial charge is 0.280 e. The summed E-state index contributed by atoms with van der Waals surface area (Å²) in [5, 5.41) is 8.25. The molecule has 3 heterocycles. The predicted octanol–water partition coefficient (Wildman–Crippen LogP) is 3.35. The quantitative estimate of drug-likeness (QED) is 0.560. The van der Waals surface area contributed by atoms with E-state index in [0.29, 0.717) is 15.7 Å². The van der Waals surface area contributed by atoms with Gasteiger partial charge in [-0.15, -0.1) is 11.3 Å². The standard InChI is InChI=1S/C22H24ClN5O2S/c1-28-8-7-17-19(11-28)31-22(27-17)21(30)26-16-4-2-3-15(16)25-20(29)18-10-12-9-13(23)5-6-14(12)24-18/h5-6,9-10,15-16,24H,2-4,7-8,11H2,1H3,(H,25,29)(H,26,30). The van der Waals surface area contributed by atoms with E-state index in [1.54, 1.807) is 12.1 Å². The topological polar surface area (TPSA) is 90.1 Å². The fourth-order valence-electron chi connectivity index (χ4n) is 4.43. The Labute approximate surface area is 189 Å². The van der Waals surface area contributed by atoms with E-state index in [4.69, 9.17) is 11.6 Å². The van der Waals surface area contributed by atoms with Gasteiger partial charge in [0, 0.05) is 52.4 Å². The second-order valence-corrected chi connectivity index (χ2v) is 9.90. The number of carbonyl (C=O) groups is 2. The summed E-state index contributed by atoms with van der Waals surface area (Å²) in [7, 11) is 2.08. The van der Waals surface area contributed by atoms with E-state index in [1.165, 1.54) is 16.2 Å². The monoisotopic (exact) mass is 457 g/mol. The number of fused-ring (bicyclic) bond motifs is 2. The molecule has 3 N–H and O–H groups in total. The lowest BCUT2D eigenvalue weighted by molar-refractivity contribution is 0.0889. The molecule has 1 aliphatic heterocycles. The van der Waals surface area contributed by atoms with Gasteiger partial charge >= 0.3 is 0 Å². The zero-order chi connectivity index (χ0) is 21.5. The first-order valence-electron chi connectivity index (χ1n) is 10.5. The molecule has 2 atom stereocenters. The number of hydrogen-bond acceptors (Lipinski definition) is 5. The maximum absolute atomic E-state index is 12.8. The molecule has 1 aromatic carbocycles. The van der Waals surface area contributed by atoms with Gasteiger partial charge in [0.2, 0.25) is 0 Å². The van der Waals surface area contributed by atoms with Crippen molar-refractivity contribution in [3.63, 3.8) is 0 Å². The molecule has 2 aliphatic rings. The van der Waals surface area contributed by atoms with Crippen molar-refractivity contribution in [2.24, 2.45) is 0 Å². The third kappa shape index (κ3) is 4.20. The van der Waals surface area contributed by atoms with Crippen LogP contribution in [0, 0.1) is 0 Å². The molecule has 162 valence electrons. The van der Waals surface area contributed by atoms with E-state index in [9.17, 15) is 9.59 Å². The minimum Gasteiger partial charge on any atom is -0.351 e. The van der Waals surface area contributed by atoms with E-state index in [-0.39, 0.29) is 23.9 Å². The highest BCUT2D eigenvalue weighted by Crippen LogP contribution is 2.26. The van der Waals surface area contributed by atoms with Crippen LogP contribution in [0.4, 0.5) is 0 Å². The number of nitrogens with one attached hydrogen (secondary N) is 3. The number of rotatable bonds is 4. The van der Waals surface area contributed by atoms with Crippen molar-refractivity contribution >= 4 is 45.7 Å². The molecule has 2 unspecified atom stereocenters. The number of aromatic amines is 1. The van der Waals surface area contributed by atoms with Gasteiger partial charge in [0.1, 0.15) is 5.69 Å². The van der Waals surface area contributed by atoms with Crippen LogP contribution >= 0.6 is 22.9 Å². The van der Waals surface area contributed by atoms with Crippen molar-refractivity contribution < 1.29 is 9.59 Å². The SMILES string of the molecule is CN1CCc2nc(C(=O)NC3CCCC3NC(=O)c3cc4cc(Cl)ccc4[nH]3)sc2C1. The number of carbonyl (C=O) groups excluding carboxylic acids is 2. The minimum atomic E-state index is -0.175. The molecule has 1 saturated carbocycles. The van der Waals surface area contributed by atoms with Gasteiger partial charge < -0.3 is 20.5 Å². The molecule has 7 nitrogen and oxygen atoms in total. The van der Waals surface area contributed by atoms with E-state index >= 15 is 0 Å². The van der Waals surface area contributed by atoms with Crippen LogP contribution in [0.2, 0.25) is 5.02 Å². The zero-order valence-corrected chi connectivity index (χ0v) is 18.8. The highest BCUT2D eigenvalue weighted by Gasteiger charge is 2.32. The Morgan fingerprint density at radius 3 is 2.77 bits per heavy atom. The summed E-state index contributed by atoms with van der Waals surface area (Å²) in [6, 6.07) is 7.08. The minimum absolute atomic E-state index is 0.0983. The lowest BCUT2D eigenvalue weighted by Gasteiger charge is -2.21. The second kappa shape index (κ2) is 8.26. The number of hydrogen-bond donors (Lipinski definition) is 3. The van der Waals surface area contributed by atoms with Crippen LogP contribution in [0.1, 0.15) is 50.1 Å². The molecule has 0 bridgehead atoms. The molecule has 0 saturated heterocycles. The average Bonchev–Trinajstić information content (AvgIpc) is 3.45. The summed E-state index contributed by atoms with van der Waals surface area (Å²) >= 11 is 7.52. The van der Waals surface area contributed by atoms with Gasteiger partial charge in [-0.2, -0.15) is 0 Å². The highest BCUT2D eigenvalue weighted by atomic mass is 35.5. The molecule has 3 aromatic rings. The third-order valence-corrected chi connectivity index (χ3v) is 7.41. The van der Waals surface area contributed by atoms with E-state index in [1.807, 2.05) is 12.1 Å². The summed E-state index contributed by atoms with van der Waals surface area (Å²) in [4.78, 5) is 36.8. The van der Waals surface area contributed by atoms with Crippen LogP contribution in [0.25, 0.3) is 10.9 Å². The lowest BCUT2D eigenvalue weighted by atomic mass is 10.1. The van der Waals surface area contributed by atoms with Crippen LogP contribution in [0.3, 0.4) is 0 Å². The molecule has 2 amide bonds. The number of halogens is 1. The van der Waals surface area contributed by atoms with Gasteiger partial charge in [0.05, 0.1) is 5.69 Å². The molecular formula is C22H24ClN5O2S. The summed E-state index contributed by atoms with van der Waals surface area (Å²) in [6.07, 6.45) is 3.51. The highest BCUT2D eigenvalue weighted by molar-refractivity contribution is 7.13. The van der Waals surface area contributed by atoms with Crippen LogP contribution in [0.5, 0.6) is 0 Å². The van der Waals surface area contributed by atoms with E-state index in [2.05, 4.69) is 32.5 Å². The van der Waals surface area contributed by atoms with Crippen LogP contribution < -0.4 is 10.6 Å². The predicted molar refractivity (Wildman–Crippen MR) is 122 cm³/mol. The maximum atomic E-state index is 12.8. The Kier molecular flexibility index (Phi) is 5.45. The summed E-state index contributed by atoms with van der Waals surface area (Å²) in [5.74, 6) is -0.320. The van der Waals surface area contributed by atoms with Crippen molar-refractivity contribution in [2.75, 3.05) is 13.6 Å². The first-order chi connectivity index (χ1) is 15.0. The number of nitrogens with zero attached hydrogens (tertiary/aromatic N) is 2. The number of H-pyrrole nitrogens is 1.